The van der Waals surface area contributed by atoms with Gasteiger partial charge in [0.15, 0.2) is 11.6 Å². The van der Waals surface area contributed by atoms with Gasteiger partial charge >= 0.3 is 0 Å². The van der Waals surface area contributed by atoms with E-state index in [2.05, 4.69) is 24.0 Å². The molecule has 2 rings (SSSR count). The van der Waals surface area contributed by atoms with Crippen molar-refractivity contribution in [2.24, 2.45) is 5.73 Å². The van der Waals surface area contributed by atoms with Gasteiger partial charge in [0, 0.05) is 19.1 Å². The van der Waals surface area contributed by atoms with Crippen LogP contribution in [-0.4, -0.2) is 18.5 Å². The third-order valence-corrected chi connectivity index (χ3v) is 3.58. The van der Waals surface area contributed by atoms with Gasteiger partial charge in [-0.2, -0.15) is 0 Å². The zero-order valence-electron chi connectivity index (χ0n) is 12.3. The highest BCUT2D eigenvalue weighted by molar-refractivity contribution is 5.25. The first-order chi connectivity index (χ1) is 9.97. The average Bonchev–Trinajstić information content (AvgIpc) is 2.44. The van der Waals surface area contributed by atoms with Crippen LogP contribution >= 0.6 is 0 Å². The molecule has 2 aromatic rings. The molecule has 2 aromatic carbocycles. The smallest absolute Gasteiger partial charge is 0.159 e. The van der Waals surface area contributed by atoms with Crippen LogP contribution in [0.2, 0.25) is 0 Å². The SMILES string of the molecule is Cc1ccccc1CN(C)CC(N)c1ccc(F)c(F)c1. The van der Waals surface area contributed by atoms with Crippen LogP contribution in [0.5, 0.6) is 0 Å². The molecule has 0 radical (unpaired) electrons. The van der Waals surface area contributed by atoms with E-state index in [1.165, 1.54) is 23.3 Å². The van der Waals surface area contributed by atoms with Crippen LogP contribution in [0, 0.1) is 18.6 Å². The second-order valence-electron chi connectivity index (χ2n) is 5.40. The predicted molar refractivity (Wildman–Crippen MR) is 80.8 cm³/mol. The number of hydrogen-bond donors (Lipinski definition) is 1. The summed E-state index contributed by atoms with van der Waals surface area (Å²) < 4.78 is 26.2. The molecule has 1 unspecified atom stereocenters. The molecule has 1 atom stereocenters. The minimum absolute atomic E-state index is 0.353. The fourth-order valence-corrected chi connectivity index (χ4v) is 2.33. The third-order valence-electron chi connectivity index (χ3n) is 3.58. The van der Waals surface area contributed by atoms with E-state index in [4.69, 9.17) is 5.73 Å². The minimum atomic E-state index is -0.857. The fraction of sp³-hybridized carbons (Fsp3) is 0.294. The van der Waals surface area contributed by atoms with Crippen molar-refractivity contribution in [2.45, 2.75) is 19.5 Å². The topological polar surface area (TPSA) is 29.3 Å². The molecule has 0 spiro atoms. The molecule has 21 heavy (non-hydrogen) atoms. The summed E-state index contributed by atoms with van der Waals surface area (Å²) >= 11 is 0. The summed E-state index contributed by atoms with van der Waals surface area (Å²) in [6.07, 6.45) is 0. The van der Waals surface area contributed by atoms with E-state index in [1.807, 2.05) is 19.2 Å². The summed E-state index contributed by atoms with van der Waals surface area (Å²) in [6, 6.07) is 11.6. The Labute approximate surface area is 124 Å². The minimum Gasteiger partial charge on any atom is -0.323 e. The Kier molecular flexibility index (Phi) is 5.04. The van der Waals surface area contributed by atoms with E-state index >= 15 is 0 Å². The van der Waals surface area contributed by atoms with Crippen molar-refractivity contribution in [3.05, 3.63) is 70.8 Å². The first kappa shape index (κ1) is 15.6. The lowest BCUT2D eigenvalue weighted by Gasteiger charge is -2.22. The van der Waals surface area contributed by atoms with Crippen LogP contribution in [0.1, 0.15) is 22.7 Å². The molecule has 0 aliphatic carbocycles. The first-order valence-corrected chi connectivity index (χ1v) is 6.91. The molecule has 0 amide bonds. The molecular weight excluding hydrogens is 270 g/mol. The lowest BCUT2D eigenvalue weighted by atomic mass is 10.1. The van der Waals surface area contributed by atoms with Gasteiger partial charge in [-0.1, -0.05) is 30.3 Å². The number of hydrogen-bond acceptors (Lipinski definition) is 2. The Hall–Kier alpha value is -1.78. The lowest BCUT2D eigenvalue weighted by molar-refractivity contribution is 0.304. The van der Waals surface area contributed by atoms with Gasteiger partial charge in [-0.05, 0) is 42.8 Å². The van der Waals surface area contributed by atoms with Gasteiger partial charge in [-0.3, -0.25) is 0 Å². The number of likely N-dealkylation sites (N-methyl/N-ethyl adjacent to an activating group) is 1. The Morgan fingerprint density at radius 1 is 1.10 bits per heavy atom. The predicted octanol–water partition coefficient (Wildman–Crippen LogP) is 3.41. The van der Waals surface area contributed by atoms with Crippen LogP contribution in [-0.2, 0) is 6.54 Å². The van der Waals surface area contributed by atoms with Gasteiger partial charge in [-0.15, -0.1) is 0 Å². The molecule has 0 aromatic heterocycles. The average molecular weight is 290 g/mol. The van der Waals surface area contributed by atoms with Gasteiger partial charge < -0.3 is 10.6 Å². The van der Waals surface area contributed by atoms with E-state index in [0.717, 1.165) is 12.6 Å². The van der Waals surface area contributed by atoms with E-state index in [1.54, 1.807) is 0 Å². The zero-order valence-corrected chi connectivity index (χ0v) is 12.3. The van der Waals surface area contributed by atoms with Crippen molar-refractivity contribution in [1.29, 1.82) is 0 Å². The Balaban J connectivity index is 2.00. The fourth-order valence-electron chi connectivity index (χ4n) is 2.33. The molecule has 0 saturated heterocycles. The van der Waals surface area contributed by atoms with E-state index in [-0.39, 0.29) is 6.04 Å². The van der Waals surface area contributed by atoms with Gasteiger partial charge in [0.1, 0.15) is 0 Å². The van der Waals surface area contributed by atoms with Gasteiger partial charge in [0.05, 0.1) is 0 Å². The van der Waals surface area contributed by atoms with Crippen LogP contribution in [0.3, 0.4) is 0 Å². The normalized spacial score (nSPS) is 12.7. The molecule has 0 saturated carbocycles. The molecule has 0 aliphatic rings. The molecule has 2 nitrogen and oxygen atoms in total. The van der Waals surface area contributed by atoms with Gasteiger partial charge in [0.25, 0.3) is 0 Å². The Morgan fingerprint density at radius 3 is 2.48 bits per heavy atom. The summed E-state index contributed by atoms with van der Waals surface area (Å²) in [6.45, 7) is 3.40. The van der Waals surface area contributed by atoms with Crippen molar-refractivity contribution in [3.63, 3.8) is 0 Å². The van der Waals surface area contributed by atoms with E-state index < -0.39 is 11.6 Å². The van der Waals surface area contributed by atoms with Crippen molar-refractivity contribution in [2.75, 3.05) is 13.6 Å². The summed E-state index contributed by atoms with van der Waals surface area (Å²) in [5, 5.41) is 0. The molecule has 0 aliphatic heterocycles. The molecule has 0 fully saturated rings. The highest BCUT2D eigenvalue weighted by atomic mass is 19.2. The van der Waals surface area contributed by atoms with Gasteiger partial charge in [0.2, 0.25) is 0 Å². The second kappa shape index (κ2) is 6.78. The number of halogens is 2. The maximum Gasteiger partial charge on any atom is 0.159 e. The molecule has 112 valence electrons. The Morgan fingerprint density at radius 2 is 1.81 bits per heavy atom. The molecule has 0 bridgehead atoms. The van der Waals surface area contributed by atoms with Crippen LogP contribution in [0.4, 0.5) is 8.78 Å². The Bertz CT molecular complexity index is 613. The molecule has 2 N–H and O–H groups in total. The van der Waals surface area contributed by atoms with Crippen LogP contribution in [0.25, 0.3) is 0 Å². The summed E-state index contributed by atoms with van der Waals surface area (Å²) in [5.41, 5.74) is 9.14. The number of aryl methyl sites for hydroxylation is 1. The zero-order chi connectivity index (χ0) is 15.4. The maximum absolute atomic E-state index is 13.2. The van der Waals surface area contributed by atoms with Crippen molar-refractivity contribution in [1.82, 2.24) is 4.90 Å². The number of benzene rings is 2. The van der Waals surface area contributed by atoms with Gasteiger partial charge in [-0.25, -0.2) is 8.78 Å². The van der Waals surface area contributed by atoms with Crippen molar-refractivity contribution in [3.8, 4) is 0 Å². The van der Waals surface area contributed by atoms with Crippen LogP contribution in [0.15, 0.2) is 42.5 Å². The summed E-state index contributed by atoms with van der Waals surface area (Å²) in [5.74, 6) is -1.70. The number of rotatable bonds is 5. The third kappa shape index (κ3) is 4.09. The standard InChI is InChI=1S/C17H20F2N2/c1-12-5-3-4-6-14(12)10-21(2)11-17(20)13-7-8-15(18)16(19)9-13/h3-9,17H,10-11,20H2,1-2H3. The van der Waals surface area contributed by atoms with E-state index in [0.29, 0.717) is 12.1 Å². The number of nitrogens with zero attached hydrogens (tertiary/aromatic N) is 1. The molecule has 0 heterocycles. The highest BCUT2D eigenvalue weighted by Gasteiger charge is 2.12. The maximum atomic E-state index is 13.2. The van der Waals surface area contributed by atoms with Crippen LogP contribution < -0.4 is 5.73 Å². The largest absolute Gasteiger partial charge is 0.323 e. The van der Waals surface area contributed by atoms with Crippen molar-refractivity contribution >= 4 is 0 Å². The lowest BCUT2D eigenvalue weighted by Crippen LogP contribution is -2.29. The summed E-state index contributed by atoms with van der Waals surface area (Å²) in [4.78, 5) is 2.08. The second-order valence-corrected chi connectivity index (χ2v) is 5.40. The summed E-state index contributed by atoms with van der Waals surface area (Å²) in [7, 11) is 1.96. The molecule has 4 heteroatoms. The monoisotopic (exact) mass is 290 g/mol. The molecular formula is C17H20F2N2. The number of nitrogens with two attached hydrogens (primary N) is 1. The van der Waals surface area contributed by atoms with Crippen molar-refractivity contribution < 1.29 is 8.78 Å². The quantitative estimate of drug-likeness (QED) is 0.914. The highest BCUT2D eigenvalue weighted by Crippen LogP contribution is 2.17. The first-order valence-electron chi connectivity index (χ1n) is 6.91. The van der Waals surface area contributed by atoms with E-state index in [9.17, 15) is 8.78 Å².